The van der Waals surface area contributed by atoms with Crippen LogP contribution in [0.25, 0.3) is 0 Å². The number of carbonyl (C=O) groups is 1. The summed E-state index contributed by atoms with van der Waals surface area (Å²) in [5.41, 5.74) is 7.54. The number of benzene rings is 1. The van der Waals surface area contributed by atoms with Crippen LogP contribution in [0.3, 0.4) is 0 Å². The second-order valence-corrected chi connectivity index (χ2v) is 4.29. The quantitative estimate of drug-likeness (QED) is 0.662. The van der Waals surface area contributed by atoms with Gasteiger partial charge in [-0.15, -0.1) is 0 Å². The normalized spacial score (nSPS) is 10.4. The monoisotopic (exact) mass is 260 g/mol. The molecule has 0 bridgehead atoms. The summed E-state index contributed by atoms with van der Waals surface area (Å²) in [6.45, 7) is 2.73. The molecule has 0 amide bonds. The first kappa shape index (κ1) is 13.1. The third kappa shape index (κ3) is 2.76. The molecule has 0 saturated heterocycles. The molecule has 2 aromatic rings. The summed E-state index contributed by atoms with van der Waals surface area (Å²) in [6, 6.07) is 9.95. The van der Waals surface area contributed by atoms with Crippen LogP contribution >= 0.6 is 0 Å². The summed E-state index contributed by atoms with van der Waals surface area (Å²) in [4.78, 5) is 11.8. The van der Waals surface area contributed by atoms with E-state index in [0.29, 0.717) is 24.7 Å². The smallest absolute Gasteiger partial charge is 0.377 e. The van der Waals surface area contributed by atoms with E-state index in [2.05, 4.69) is 0 Å². The first-order chi connectivity index (χ1) is 9.13. The Morgan fingerprint density at radius 1 is 1.37 bits per heavy atom. The van der Waals surface area contributed by atoms with Crippen molar-refractivity contribution >= 4 is 11.8 Å². The molecule has 100 valence electrons. The van der Waals surface area contributed by atoms with E-state index in [1.54, 1.807) is 24.9 Å². The van der Waals surface area contributed by atoms with E-state index >= 15 is 0 Å². The van der Waals surface area contributed by atoms with E-state index in [-0.39, 0.29) is 0 Å². The SMILES string of the molecule is CCOC(=O)c1c(N)[n+](Cc2ccccc2)cn1C. The number of hydrogen-bond donors (Lipinski definition) is 1. The number of nitrogens with two attached hydrogens (primary N) is 1. The van der Waals surface area contributed by atoms with Gasteiger partial charge in [0.25, 0.3) is 11.5 Å². The summed E-state index contributed by atoms with van der Waals surface area (Å²) >= 11 is 0. The van der Waals surface area contributed by atoms with Gasteiger partial charge in [0, 0.05) is 0 Å². The highest BCUT2D eigenvalue weighted by Crippen LogP contribution is 2.09. The van der Waals surface area contributed by atoms with E-state index in [1.807, 2.05) is 34.9 Å². The van der Waals surface area contributed by atoms with Gasteiger partial charge in [-0.05, 0) is 12.5 Å². The maximum absolute atomic E-state index is 11.8. The van der Waals surface area contributed by atoms with Crippen LogP contribution in [-0.2, 0) is 18.3 Å². The zero-order chi connectivity index (χ0) is 13.8. The molecule has 0 fully saturated rings. The molecule has 0 radical (unpaired) electrons. The number of aryl methyl sites for hydroxylation is 1. The highest BCUT2D eigenvalue weighted by Gasteiger charge is 2.25. The Morgan fingerprint density at radius 2 is 2.05 bits per heavy atom. The average Bonchev–Trinajstić information content (AvgIpc) is 2.66. The minimum Gasteiger partial charge on any atom is -0.460 e. The van der Waals surface area contributed by atoms with Crippen LogP contribution in [0, 0.1) is 0 Å². The maximum Gasteiger partial charge on any atom is 0.377 e. The van der Waals surface area contributed by atoms with Crippen molar-refractivity contribution in [3.8, 4) is 0 Å². The van der Waals surface area contributed by atoms with Crippen molar-refractivity contribution in [1.29, 1.82) is 0 Å². The summed E-state index contributed by atoms with van der Waals surface area (Å²) < 4.78 is 8.53. The van der Waals surface area contributed by atoms with Crippen LogP contribution in [0.15, 0.2) is 36.7 Å². The number of imidazole rings is 1. The molecule has 1 aromatic carbocycles. The van der Waals surface area contributed by atoms with E-state index in [0.717, 1.165) is 5.56 Å². The molecular weight excluding hydrogens is 242 g/mol. The number of aromatic nitrogens is 2. The topological polar surface area (TPSA) is 61.1 Å². The van der Waals surface area contributed by atoms with E-state index in [4.69, 9.17) is 10.5 Å². The largest absolute Gasteiger partial charge is 0.460 e. The van der Waals surface area contributed by atoms with Crippen LogP contribution < -0.4 is 10.3 Å². The van der Waals surface area contributed by atoms with Crippen molar-refractivity contribution in [2.45, 2.75) is 13.5 Å². The van der Waals surface area contributed by atoms with Crippen LogP contribution in [0.1, 0.15) is 23.0 Å². The molecule has 1 aromatic heterocycles. The number of carbonyl (C=O) groups excluding carboxylic acids is 1. The van der Waals surface area contributed by atoms with Gasteiger partial charge >= 0.3 is 5.97 Å². The molecule has 0 aliphatic carbocycles. The average molecular weight is 260 g/mol. The van der Waals surface area contributed by atoms with E-state index < -0.39 is 5.97 Å². The Morgan fingerprint density at radius 3 is 2.68 bits per heavy atom. The van der Waals surface area contributed by atoms with Crippen molar-refractivity contribution in [2.24, 2.45) is 7.05 Å². The molecule has 0 aliphatic heterocycles. The molecular formula is C14H18N3O2+. The lowest BCUT2D eigenvalue weighted by molar-refractivity contribution is -0.673. The Labute approximate surface area is 112 Å². The van der Waals surface area contributed by atoms with E-state index in [9.17, 15) is 4.79 Å². The molecule has 0 aliphatic rings. The van der Waals surface area contributed by atoms with Gasteiger partial charge in [-0.2, -0.15) is 0 Å². The first-order valence-electron chi connectivity index (χ1n) is 6.18. The number of ether oxygens (including phenoxy) is 1. The second kappa shape index (κ2) is 5.56. The van der Waals surface area contributed by atoms with Gasteiger partial charge < -0.3 is 10.5 Å². The van der Waals surface area contributed by atoms with Gasteiger partial charge in [0.2, 0.25) is 0 Å². The molecule has 19 heavy (non-hydrogen) atoms. The number of nitrogen functional groups attached to an aromatic ring is 1. The summed E-state index contributed by atoms with van der Waals surface area (Å²) in [7, 11) is 1.78. The Hall–Kier alpha value is -2.30. The minimum atomic E-state index is -0.394. The van der Waals surface area contributed by atoms with Gasteiger partial charge in [-0.25, -0.2) is 9.36 Å². The minimum absolute atomic E-state index is 0.335. The third-order valence-electron chi connectivity index (χ3n) is 2.88. The lowest BCUT2D eigenvalue weighted by Crippen LogP contribution is -2.35. The predicted octanol–water partition coefficient (Wildman–Crippen LogP) is 1.12. The summed E-state index contributed by atoms with van der Waals surface area (Å²) in [5, 5.41) is 0. The number of hydrogen-bond acceptors (Lipinski definition) is 3. The molecule has 5 nitrogen and oxygen atoms in total. The van der Waals surface area contributed by atoms with E-state index in [1.165, 1.54) is 0 Å². The Kier molecular flexibility index (Phi) is 3.85. The van der Waals surface area contributed by atoms with Crippen LogP contribution in [0.5, 0.6) is 0 Å². The zero-order valence-corrected chi connectivity index (χ0v) is 11.2. The Balaban J connectivity index is 2.29. The molecule has 0 unspecified atom stereocenters. The molecule has 0 saturated carbocycles. The van der Waals surface area contributed by atoms with Crippen LogP contribution in [0.4, 0.5) is 5.82 Å². The molecule has 2 rings (SSSR count). The second-order valence-electron chi connectivity index (χ2n) is 4.29. The van der Waals surface area contributed by atoms with Crippen molar-refractivity contribution in [3.63, 3.8) is 0 Å². The zero-order valence-electron chi connectivity index (χ0n) is 11.2. The predicted molar refractivity (Wildman–Crippen MR) is 71.5 cm³/mol. The van der Waals surface area contributed by atoms with Crippen LogP contribution in [-0.4, -0.2) is 17.1 Å². The van der Waals surface area contributed by atoms with Gasteiger partial charge in [-0.3, -0.25) is 4.57 Å². The molecule has 5 heteroatoms. The summed E-state index contributed by atoms with van der Waals surface area (Å²) in [6.07, 6.45) is 1.80. The molecule has 0 spiro atoms. The third-order valence-corrected chi connectivity index (χ3v) is 2.88. The lowest BCUT2D eigenvalue weighted by atomic mass is 10.2. The number of rotatable bonds is 4. The number of nitrogens with zero attached hydrogens (tertiary/aromatic N) is 2. The van der Waals surface area contributed by atoms with Crippen molar-refractivity contribution in [3.05, 3.63) is 47.9 Å². The Bertz CT molecular complexity index is 576. The van der Waals surface area contributed by atoms with Crippen LogP contribution in [0.2, 0.25) is 0 Å². The van der Waals surface area contributed by atoms with Crippen molar-refractivity contribution < 1.29 is 14.1 Å². The van der Waals surface area contributed by atoms with Gasteiger partial charge in [0.15, 0.2) is 6.33 Å². The molecule has 1 heterocycles. The number of esters is 1. The van der Waals surface area contributed by atoms with Gasteiger partial charge in [0.05, 0.1) is 20.2 Å². The van der Waals surface area contributed by atoms with Gasteiger partial charge in [-0.1, -0.05) is 30.3 Å². The molecule has 0 atom stereocenters. The lowest BCUT2D eigenvalue weighted by Gasteiger charge is -2.00. The molecule has 2 N–H and O–H groups in total. The van der Waals surface area contributed by atoms with Crippen molar-refractivity contribution in [1.82, 2.24) is 4.57 Å². The van der Waals surface area contributed by atoms with Gasteiger partial charge in [0.1, 0.15) is 0 Å². The van der Waals surface area contributed by atoms with Crippen molar-refractivity contribution in [2.75, 3.05) is 12.3 Å². The highest BCUT2D eigenvalue weighted by atomic mass is 16.5. The fourth-order valence-electron chi connectivity index (χ4n) is 2.00. The maximum atomic E-state index is 11.8. The number of anilines is 1. The fraction of sp³-hybridized carbons (Fsp3) is 0.286. The highest BCUT2D eigenvalue weighted by molar-refractivity contribution is 5.91. The first-order valence-corrected chi connectivity index (χ1v) is 6.18. The summed E-state index contributed by atoms with van der Waals surface area (Å²) in [5.74, 6) is 0.0270. The standard InChI is InChI=1S/C14H17N3O2/c1-3-19-14(18)12-13(15)17(10-16(12)2)9-11-7-5-4-6-8-11/h4-8,10H,3,9H2,1-2H3,(H-,15,18)/p+1. The fourth-order valence-corrected chi connectivity index (χ4v) is 2.00.